The third-order valence-electron chi connectivity index (χ3n) is 2.14. The standard InChI is InChI=1S/C9H18F3NOS/c1-7(8(6-14)15-2)13-5-3-4-9(10,11)12/h7-8,13-14H,3-6H2,1-2H3. The van der Waals surface area contributed by atoms with Crippen molar-refractivity contribution in [2.75, 3.05) is 19.4 Å². The van der Waals surface area contributed by atoms with Gasteiger partial charge in [-0.2, -0.15) is 24.9 Å². The number of aliphatic hydroxyl groups is 1. The van der Waals surface area contributed by atoms with Crippen LogP contribution in [0.4, 0.5) is 13.2 Å². The van der Waals surface area contributed by atoms with Crippen LogP contribution >= 0.6 is 11.8 Å². The topological polar surface area (TPSA) is 32.3 Å². The van der Waals surface area contributed by atoms with E-state index < -0.39 is 12.6 Å². The largest absolute Gasteiger partial charge is 0.395 e. The summed E-state index contributed by atoms with van der Waals surface area (Å²) in [6.07, 6.45) is -2.87. The van der Waals surface area contributed by atoms with Crippen LogP contribution in [0.1, 0.15) is 19.8 Å². The van der Waals surface area contributed by atoms with Gasteiger partial charge in [-0.25, -0.2) is 0 Å². The van der Waals surface area contributed by atoms with E-state index in [1.165, 1.54) is 11.8 Å². The van der Waals surface area contributed by atoms with E-state index in [-0.39, 0.29) is 24.3 Å². The third kappa shape index (κ3) is 7.93. The van der Waals surface area contributed by atoms with Gasteiger partial charge in [0.1, 0.15) is 0 Å². The van der Waals surface area contributed by atoms with E-state index in [0.717, 1.165) is 0 Å². The zero-order valence-corrected chi connectivity index (χ0v) is 9.79. The van der Waals surface area contributed by atoms with Crippen molar-refractivity contribution < 1.29 is 18.3 Å². The van der Waals surface area contributed by atoms with Gasteiger partial charge in [-0.15, -0.1) is 0 Å². The Hall–Kier alpha value is 0.0600. The fourth-order valence-electron chi connectivity index (χ4n) is 1.19. The first kappa shape index (κ1) is 15.1. The van der Waals surface area contributed by atoms with Crippen molar-refractivity contribution in [1.82, 2.24) is 5.32 Å². The molecule has 0 aliphatic carbocycles. The molecule has 0 spiro atoms. The Morgan fingerprint density at radius 2 is 2.00 bits per heavy atom. The minimum atomic E-state index is -4.07. The number of thioether (sulfide) groups is 1. The Morgan fingerprint density at radius 1 is 1.40 bits per heavy atom. The molecule has 92 valence electrons. The SMILES string of the molecule is CSC(CO)C(C)NCCCC(F)(F)F. The minimum absolute atomic E-state index is 0.0261. The Bertz CT molecular complexity index is 162. The average Bonchev–Trinajstić information content (AvgIpc) is 2.13. The molecule has 0 aliphatic rings. The molecule has 0 amide bonds. The van der Waals surface area contributed by atoms with Gasteiger partial charge in [0.2, 0.25) is 0 Å². The molecule has 0 saturated heterocycles. The summed E-state index contributed by atoms with van der Waals surface area (Å²) in [5.41, 5.74) is 0. The summed E-state index contributed by atoms with van der Waals surface area (Å²) in [5, 5.41) is 12.0. The number of aliphatic hydroxyl groups excluding tert-OH is 1. The summed E-state index contributed by atoms with van der Waals surface area (Å²) in [6, 6.07) is 0.0261. The van der Waals surface area contributed by atoms with Gasteiger partial charge >= 0.3 is 6.18 Å². The van der Waals surface area contributed by atoms with Crippen molar-refractivity contribution in [3.8, 4) is 0 Å². The predicted octanol–water partition coefficient (Wildman–Crippen LogP) is 2.03. The first-order chi connectivity index (χ1) is 6.90. The molecule has 2 nitrogen and oxygen atoms in total. The highest BCUT2D eigenvalue weighted by Crippen LogP contribution is 2.20. The normalized spacial score (nSPS) is 16.4. The first-order valence-corrected chi connectivity index (χ1v) is 6.13. The van der Waals surface area contributed by atoms with E-state index in [1.54, 1.807) is 0 Å². The fourth-order valence-corrected chi connectivity index (χ4v) is 1.84. The minimum Gasteiger partial charge on any atom is -0.395 e. The Kier molecular flexibility index (Phi) is 7.38. The monoisotopic (exact) mass is 245 g/mol. The molecular formula is C9H18F3NOS. The van der Waals surface area contributed by atoms with Crippen LogP contribution in [0, 0.1) is 0 Å². The molecule has 2 unspecified atom stereocenters. The number of hydrogen-bond acceptors (Lipinski definition) is 3. The third-order valence-corrected chi connectivity index (χ3v) is 3.31. The van der Waals surface area contributed by atoms with Crippen molar-refractivity contribution >= 4 is 11.8 Å². The highest BCUT2D eigenvalue weighted by atomic mass is 32.2. The van der Waals surface area contributed by atoms with E-state index in [0.29, 0.717) is 6.54 Å². The van der Waals surface area contributed by atoms with Crippen LogP contribution in [0.25, 0.3) is 0 Å². The molecule has 0 aliphatic heterocycles. The van der Waals surface area contributed by atoms with Crippen molar-refractivity contribution in [2.24, 2.45) is 0 Å². The second kappa shape index (κ2) is 7.35. The van der Waals surface area contributed by atoms with Crippen LogP contribution in [0.2, 0.25) is 0 Å². The maximum atomic E-state index is 11.8. The molecule has 0 aromatic heterocycles. The predicted molar refractivity (Wildman–Crippen MR) is 57.1 cm³/mol. The van der Waals surface area contributed by atoms with Crippen molar-refractivity contribution in [3.05, 3.63) is 0 Å². The Morgan fingerprint density at radius 3 is 2.40 bits per heavy atom. The average molecular weight is 245 g/mol. The van der Waals surface area contributed by atoms with Crippen LogP contribution in [0.5, 0.6) is 0 Å². The second-order valence-electron chi connectivity index (χ2n) is 3.42. The van der Waals surface area contributed by atoms with Gasteiger partial charge < -0.3 is 10.4 Å². The summed E-state index contributed by atoms with van der Waals surface area (Å²) >= 11 is 1.51. The van der Waals surface area contributed by atoms with Crippen LogP contribution < -0.4 is 5.32 Å². The molecule has 0 aromatic rings. The molecule has 2 atom stereocenters. The second-order valence-corrected chi connectivity index (χ2v) is 4.50. The summed E-state index contributed by atoms with van der Waals surface area (Å²) in [6.45, 7) is 2.23. The summed E-state index contributed by atoms with van der Waals surface area (Å²) in [4.78, 5) is 0. The lowest BCUT2D eigenvalue weighted by atomic mass is 10.2. The number of alkyl halides is 3. The van der Waals surface area contributed by atoms with Crippen LogP contribution in [0.15, 0.2) is 0 Å². The summed E-state index contributed by atoms with van der Waals surface area (Å²) in [7, 11) is 0. The quantitative estimate of drug-likeness (QED) is 0.673. The lowest BCUT2D eigenvalue weighted by Gasteiger charge is -2.21. The van der Waals surface area contributed by atoms with Gasteiger partial charge in [-0.1, -0.05) is 0 Å². The van der Waals surface area contributed by atoms with E-state index in [4.69, 9.17) is 5.11 Å². The number of hydrogen-bond donors (Lipinski definition) is 2. The lowest BCUT2D eigenvalue weighted by Crippen LogP contribution is -2.38. The summed E-state index contributed by atoms with van der Waals surface area (Å²) < 4.78 is 35.4. The molecule has 2 N–H and O–H groups in total. The van der Waals surface area contributed by atoms with Gasteiger partial charge in [0.25, 0.3) is 0 Å². The van der Waals surface area contributed by atoms with Crippen molar-refractivity contribution in [3.63, 3.8) is 0 Å². The Balaban J connectivity index is 3.58. The maximum absolute atomic E-state index is 11.8. The van der Waals surface area contributed by atoms with Gasteiger partial charge in [0.15, 0.2) is 0 Å². The van der Waals surface area contributed by atoms with Crippen LogP contribution in [-0.4, -0.2) is 42.0 Å². The van der Waals surface area contributed by atoms with Crippen LogP contribution in [-0.2, 0) is 0 Å². The molecule has 0 heterocycles. The molecule has 15 heavy (non-hydrogen) atoms. The molecule has 0 fully saturated rings. The molecule has 6 heteroatoms. The van der Waals surface area contributed by atoms with Crippen molar-refractivity contribution in [2.45, 2.75) is 37.2 Å². The molecular weight excluding hydrogens is 227 g/mol. The number of halogens is 3. The number of nitrogens with one attached hydrogen (secondary N) is 1. The van der Waals surface area contributed by atoms with Gasteiger partial charge in [-0.3, -0.25) is 0 Å². The summed E-state index contributed by atoms with van der Waals surface area (Å²) in [5.74, 6) is 0. The first-order valence-electron chi connectivity index (χ1n) is 4.84. The maximum Gasteiger partial charge on any atom is 0.389 e. The number of rotatable bonds is 7. The molecule has 0 aromatic carbocycles. The molecule has 0 rings (SSSR count). The van der Waals surface area contributed by atoms with Gasteiger partial charge in [-0.05, 0) is 26.1 Å². The lowest BCUT2D eigenvalue weighted by molar-refractivity contribution is -0.135. The van der Waals surface area contributed by atoms with Gasteiger partial charge in [0.05, 0.1) is 6.61 Å². The van der Waals surface area contributed by atoms with E-state index in [1.807, 2.05) is 13.2 Å². The van der Waals surface area contributed by atoms with Crippen molar-refractivity contribution in [1.29, 1.82) is 0 Å². The molecule has 0 bridgehead atoms. The van der Waals surface area contributed by atoms with Gasteiger partial charge in [0, 0.05) is 17.7 Å². The van der Waals surface area contributed by atoms with E-state index in [2.05, 4.69) is 5.32 Å². The highest BCUT2D eigenvalue weighted by molar-refractivity contribution is 7.99. The fraction of sp³-hybridized carbons (Fsp3) is 1.00. The zero-order chi connectivity index (χ0) is 11.9. The van der Waals surface area contributed by atoms with E-state index in [9.17, 15) is 13.2 Å². The highest BCUT2D eigenvalue weighted by Gasteiger charge is 2.26. The zero-order valence-electron chi connectivity index (χ0n) is 8.97. The van der Waals surface area contributed by atoms with E-state index >= 15 is 0 Å². The Labute approximate surface area is 92.6 Å². The molecule has 0 radical (unpaired) electrons. The van der Waals surface area contributed by atoms with Crippen LogP contribution in [0.3, 0.4) is 0 Å². The smallest absolute Gasteiger partial charge is 0.389 e. The molecule has 0 saturated carbocycles.